The van der Waals surface area contributed by atoms with Crippen molar-refractivity contribution in [1.82, 2.24) is 20.3 Å². The van der Waals surface area contributed by atoms with Gasteiger partial charge >= 0.3 is 0 Å². The van der Waals surface area contributed by atoms with Crippen LogP contribution in [0.2, 0.25) is 0 Å². The lowest BCUT2D eigenvalue weighted by molar-refractivity contribution is -0.127. The molecule has 1 N–H and O–H groups in total. The van der Waals surface area contributed by atoms with Crippen LogP contribution < -0.4 is 10.2 Å². The van der Waals surface area contributed by atoms with Gasteiger partial charge in [0.25, 0.3) is 5.91 Å². The van der Waals surface area contributed by atoms with Crippen LogP contribution in [0.15, 0.2) is 81.8 Å². The summed E-state index contributed by atoms with van der Waals surface area (Å²) in [7, 11) is 0. The first-order chi connectivity index (χ1) is 17.9. The number of rotatable bonds is 8. The van der Waals surface area contributed by atoms with Crippen LogP contribution >= 0.6 is 0 Å². The van der Waals surface area contributed by atoms with E-state index in [0.29, 0.717) is 28.5 Å². The number of benzene rings is 2. The van der Waals surface area contributed by atoms with Crippen LogP contribution in [0.4, 0.5) is 5.69 Å². The van der Waals surface area contributed by atoms with E-state index in [1.165, 1.54) is 4.90 Å². The van der Waals surface area contributed by atoms with Crippen LogP contribution in [-0.2, 0) is 22.7 Å². The number of para-hydroxylation sites is 1. The first-order valence-corrected chi connectivity index (χ1v) is 11.9. The smallest absolute Gasteiger partial charge is 0.251 e. The van der Waals surface area contributed by atoms with Gasteiger partial charge in [0.15, 0.2) is 6.04 Å². The Kier molecular flexibility index (Phi) is 6.59. The highest BCUT2D eigenvalue weighted by molar-refractivity contribution is 6.01. The van der Waals surface area contributed by atoms with Gasteiger partial charge in [0.05, 0.1) is 18.3 Å². The Bertz CT molecular complexity index is 1530. The number of fused-ring (bicyclic) bond motifs is 1. The van der Waals surface area contributed by atoms with Gasteiger partial charge < -0.3 is 14.2 Å². The van der Waals surface area contributed by atoms with Crippen molar-refractivity contribution < 1.29 is 18.4 Å². The first kappa shape index (κ1) is 24.1. The molecule has 0 saturated heterocycles. The quantitative estimate of drug-likeness (QED) is 0.335. The summed E-state index contributed by atoms with van der Waals surface area (Å²) >= 11 is 0. The van der Waals surface area contributed by atoms with Crippen LogP contribution in [0, 0.1) is 20.8 Å². The Morgan fingerprint density at radius 2 is 1.78 bits per heavy atom. The molecule has 2 aromatic carbocycles. The molecule has 5 rings (SSSR count). The number of amides is 2. The van der Waals surface area contributed by atoms with Crippen molar-refractivity contribution in [3.05, 3.63) is 101 Å². The van der Waals surface area contributed by atoms with E-state index in [1.54, 1.807) is 42.1 Å². The van der Waals surface area contributed by atoms with Crippen molar-refractivity contribution in [1.29, 1.82) is 0 Å². The summed E-state index contributed by atoms with van der Waals surface area (Å²) in [5.74, 6) is 0.843. The fraction of sp³-hybridized carbons (Fsp3) is 0.214. The second-order valence-corrected chi connectivity index (χ2v) is 8.99. The lowest BCUT2D eigenvalue weighted by Crippen LogP contribution is -2.45. The minimum absolute atomic E-state index is 0.116. The molecule has 3 heterocycles. The Morgan fingerprint density at radius 3 is 2.49 bits per heavy atom. The average Bonchev–Trinajstić information content (AvgIpc) is 3.62. The van der Waals surface area contributed by atoms with Crippen molar-refractivity contribution >= 4 is 28.5 Å². The summed E-state index contributed by atoms with van der Waals surface area (Å²) in [6.45, 7) is 5.76. The van der Waals surface area contributed by atoms with Gasteiger partial charge in [-0.15, -0.1) is 5.10 Å². The average molecular weight is 498 g/mol. The summed E-state index contributed by atoms with van der Waals surface area (Å²) < 4.78 is 12.8. The Labute approximate surface area is 213 Å². The molecule has 37 heavy (non-hydrogen) atoms. The zero-order valence-electron chi connectivity index (χ0n) is 20.8. The summed E-state index contributed by atoms with van der Waals surface area (Å²) in [4.78, 5) is 29.2. The topological polar surface area (TPSA) is 106 Å². The van der Waals surface area contributed by atoms with Gasteiger partial charge in [-0.1, -0.05) is 23.4 Å². The number of carbonyl (C=O) groups excluding carboxylic acids is 2. The molecule has 1 unspecified atom stereocenters. The molecule has 188 valence electrons. The number of nitrogens with one attached hydrogen (secondary N) is 1. The van der Waals surface area contributed by atoms with E-state index in [1.807, 2.05) is 56.3 Å². The molecule has 0 radical (unpaired) electrons. The molecule has 3 aromatic heterocycles. The van der Waals surface area contributed by atoms with Crippen molar-refractivity contribution in [2.45, 2.75) is 39.9 Å². The largest absolute Gasteiger partial charge is 0.467 e. The minimum Gasteiger partial charge on any atom is -0.467 e. The molecule has 0 bridgehead atoms. The number of carbonyl (C=O) groups is 2. The summed E-state index contributed by atoms with van der Waals surface area (Å²) in [5.41, 5.74) is 3.92. The van der Waals surface area contributed by atoms with Gasteiger partial charge in [0, 0.05) is 5.69 Å². The summed E-state index contributed by atoms with van der Waals surface area (Å²) in [6, 6.07) is 19.2. The molecule has 0 fully saturated rings. The maximum atomic E-state index is 14.0. The summed E-state index contributed by atoms with van der Waals surface area (Å²) in [6.07, 6.45) is 1.54. The SMILES string of the molecule is Cc1cc(C)cc(N(C(=O)Cn2nnc3ccccc32)C(C(=O)NCc2ccco2)c2ccc(C)o2)c1. The number of hydrogen-bond acceptors (Lipinski definition) is 6. The molecule has 0 saturated carbocycles. The monoisotopic (exact) mass is 497 g/mol. The van der Waals surface area contributed by atoms with Crippen LogP contribution in [0.3, 0.4) is 0 Å². The predicted octanol–water partition coefficient (Wildman–Crippen LogP) is 4.63. The third-order valence-electron chi connectivity index (χ3n) is 6.01. The fourth-order valence-corrected chi connectivity index (χ4v) is 4.42. The predicted molar refractivity (Wildman–Crippen MR) is 138 cm³/mol. The van der Waals surface area contributed by atoms with Crippen LogP contribution in [0.25, 0.3) is 11.0 Å². The van der Waals surface area contributed by atoms with Crippen molar-refractivity contribution in [2.24, 2.45) is 0 Å². The Morgan fingerprint density at radius 1 is 1.00 bits per heavy atom. The molecule has 9 nitrogen and oxygen atoms in total. The molecule has 0 aliphatic heterocycles. The van der Waals surface area contributed by atoms with Crippen LogP contribution in [-0.4, -0.2) is 26.8 Å². The number of hydrogen-bond donors (Lipinski definition) is 1. The highest BCUT2D eigenvalue weighted by Crippen LogP contribution is 2.31. The van der Waals surface area contributed by atoms with Crippen molar-refractivity contribution in [3.8, 4) is 0 Å². The van der Waals surface area contributed by atoms with Gasteiger partial charge in [0.2, 0.25) is 5.91 Å². The van der Waals surface area contributed by atoms with E-state index < -0.39 is 11.9 Å². The molecule has 0 aliphatic carbocycles. The molecule has 0 spiro atoms. The molecular weight excluding hydrogens is 470 g/mol. The second-order valence-electron chi connectivity index (χ2n) is 8.99. The van der Waals surface area contributed by atoms with E-state index in [2.05, 4.69) is 15.6 Å². The number of aryl methyl sites for hydroxylation is 3. The number of anilines is 1. The molecule has 9 heteroatoms. The van der Waals surface area contributed by atoms with E-state index in [9.17, 15) is 9.59 Å². The molecule has 2 amide bonds. The zero-order valence-corrected chi connectivity index (χ0v) is 20.8. The van der Waals surface area contributed by atoms with E-state index >= 15 is 0 Å². The highest BCUT2D eigenvalue weighted by Gasteiger charge is 2.35. The summed E-state index contributed by atoms with van der Waals surface area (Å²) in [5, 5.41) is 11.2. The maximum absolute atomic E-state index is 14.0. The lowest BCUT2D eigenvalue weighted by atomic mass is 10.1. The van der Waals surface area contributed by atoms with Crippen LogP contribution in [0.1, 0.15) is 34.4 Å². The number of nitrogens with zero attached hydrogens (tertiary/aromatic N) is 4. The Hall–Kier alpha value is -4.66. The zero-order chi connectivity index (χ0) is 25.9. The van der Waals surface area contributed by atoms with Gasteiger partial charge in [-0.2, -0.15) is 0 Å². The molecular formula is C28H27N5O4. The van der Waals surface area contributed by atoms with E-state index in [4.69, 9.17) is 8.83 Å². The third-order valence-corrected chi connectivity index (χ3v) is 6.01. The maximum Gasteiger partial charge on any atom is 0.251 e. The minimum atomic E-state index is -1.06. The standard InChI is InChI=1S/C28H27N5O4/c1-18-13-19(2)15-21(14-18)33(26(34)17-32-24-9-5-4-8-23(24)30-31-32)27(25-11-10-20(3)37-25)28(35)29-16-22-7-6-12-36-22/h4-15,27H,16-17H2,1-3H3,(H,29,35). The normalized spacial score (nSPS) is 12.0. The van der Waals surface area contributed by atoms with Gasteiger partial charge in [-0.25, -0.2) is 4.68 Å². The van der Waals surface area contributed by atoms with Crippen molar-refractivity contribution in [3.63, 3.8) is 0 Å². The molecule has 0 aliphatic rings. The second kappa shape index (κ2) is 10.1. The highest BCUT2D eigenvalue weighted by atomic mass is 16.3. The Balaban J connectivity index is 1.57. The van der Waals surface area contributed by atoms with E-state index in [-0.39, 0.29) is 19.0 Å². The fourth-order valence-electron chi connectivity index (χ4n) is 4.42. The molecule has 1 atom stereocenters. The molecule has 5 aromatic rings. The van der Waals surface area contributed by atoms with Gasteiger partial charge in [0.1, 0.15) is 29.3 Å². The van der Waals surface area contributed by atoms with Crippen LogP contribution in [0.5, 0.6) is 0 Å². The van der Waals surface area contributed by atoms with Crippen molar-refractivity contribution in [2.75, 3.05) is 4.90 Å². The lowest BCUT2D eigenvalue weighted by Gasteiger charge is -2.30. The number of aromatic nitrogens is 3. The first-order valence-electron chi connectivity index (χ1n) is 11.9. The number of furan rings is 2. The van der Waals surface area contributed by atoms with Gasteiger partial charge in [-0.3, -0.25) is 14.5 Å². The van der Waals surface area contributed by atoms with E-state index in [0.717, 1.165) is 16.6 Å². The third kappa shape index (κ3) is 5.16. The van der Waals surface area contributed by atoms with Gasteiger partial charge in [-0.05, 0) is 80.4 Å².